The van der Waals surface area contributed by atoms with Crippen LogP contribution in [0.5, 0.6) is 0 Å². The molecule has 10 nitrogen and oxygen atoms in total. The van der Waals surface area contributed by atoms with Crippen LogP contribution in [0.25, 0.3) is 17.3 Å². The molecule has 0 bridgehead atoms. The lowest BCUT2D eigenvalue weighted by Crippen LogP contribution is -2.27. The SMILES string of the molecule is CCOP(=O)(C[C@H](O)C[C@H](O)C=Cc1c(-c2ccc(F)cc2)nc(N(C)S(C)(=O)=O)nc1C(C)C)OCC. The van der Waals surface area contributed by atoms with Crippen molar-refractivity contribution in [3.8, 4) is 11.3 Å². The van der Waals surface area contributed by atoms with Crippen LogP contribution in [0.15, 0.2) is 30.3 Å². The largest absolute Gasteiger partial charge is 0.392 e. The molecule has 0 saturated heterocycles. The first-order chi connectivity index (χ1) is 17.7. The van der Waals surface area contributed by atoms with Crippen LogP contribution in [0.3, 0.4) is 0 Å². The van der Waals surface area contributed by atoms with Gasteiger partial charge in [0, 0.05) is 24.6 Å². The van der Waals surface area contributed by atoms with E-state index in [0.29, 0.717) is 22.5 Å². The molecule has 0 saturated carbocycles. The van der Waals surface area contributed by atoms with Gasteiger partial charge in [-0.2, -0.15) is 0 Å². The molecule has 13 heteroatoms. The van der Waals surface area contributed by atoms with E-state index in [0.717, 1.165) is 10.6 Å². The average Bonchev–Trinajstić information content (AvgIpc) is 2.81. The summed E-state index contributed by atoms with van der Waals surface area (Å²) in [6, 6.07) is 5.56. The van der Waals surface area contributed by atoms with Crippen molar-refractivity contribution >= 4 is 29.6 Å². The van der Waals surface area contributed by atoms with Crippen LogP contribution in [-0.2, 0) is 23.6 Å². The Labute approximate surface area is 224 Å². The van der Waals surface area contributed by atoms with Gasteiger partial charge in [-0.3, -0.25) is 4.57 Å². The summed E-state index contributed by atoms with van der Waals surface area (Å²) in [6.45, 7) is 7.39. The Morgan fingerprint density at radius 3 is 2.18 bits per heavy atom. The van der Waals surface area contributed by atoms with E-state index in [2.05, 4.69) is 9.97 Å². The van der Waals surface area contributed by atoms with Crippen molar-refractivity contribution in [1.29, 1.82) is 0 Å². The Morgan fingerprint density at radius 2 is 1.68 bits per heavy atom. The molecular formula is C25H37FN3O7PS. The van der Waals surface area contributed by atoms with E-state index in [1.54, 1.807) is 19.9 Å². The summed E-state index contributed by atoms with van der Waals surface area (Å²) in [5, 5.41) is 21.1. The molecule has 0 spiro atoms. The van der Waals surface area contributed by atoms with Gasteiger partial charge in [0.15, 0.2) is 0 Å². The van der Waals surface area contributed by atoms with E-state index in [9.17, 15) is 27.6 Å². The molecule has 0 unspecified atom stereocenters. The monoisotopic (exact) mass is 573 g/mol. The maximum atomic E-state index is 13.6. The Morgan fingerprint density at radius 1 is 1.11 bits per heavy atom. The molecule has 2 atom stereocenters. The van der Waals surface area contributed by atoms with Gasteiger partial charge in [-0.05, 0) is 44.0 Å². The summed E-state index contributed by atoms with van der Waals surface area (Å²) in [6.07, 6.45) is 1.34. The van der Waals surface area contributed by atoms with Crippen molar-refractivity contribution in [1.82, 2.24) is 9.97 Å². The molecular weight excluding hydrogens is 536 g/mol. The van der Waals surface area contributed by atoms with Crippen LogP contribution in [0.4, 0.5) is 10.3 Å². The number of halogens is 1. The molecule has 1 aromatic carbocycles. The van der Waals surface area contributed by atoms with Gasteiger partial charge in [-0.15, -0.1) is 0 Å². The lowest BCUT2D eigenvalue weighted by molar-refractivity contribution is 0.110. The van der Waals surface area contributed by atoms with Crippen molar-refractivity contribution in [2.75, 3.05) is 37.0 Å². The van der Waals surface area contributed by atoms with Crippen molar-refractivity contribution in [2.24, 2.45) is 0 Å². The van der Waals surface area contributed by atoms with Crippen LogP contribution < -0.4 is 4.31 Å². The van der Waals surface area contributed by atoms with Gasteiger partial charge in [-0.25, -0.2) is 27.1 Å². The maximum Gasteiger partial charge on any atom is 0.333 e. The zero-order chi connectivity index (χ0) is 28.7. The molecule has 1 aromatic heterocycles. The predicted octanol–water partition coefficient (Wildman–Crippen LogP) is 4.19. The molecule has 0 aliphatic carbocycles. The van der Waals surface area contributed by atoms with E-state index in [-0.39, 0.29) is 37.7 Å². The summed E-state index contributed by atoms with van der Waals surface area (Å²) < 4.78 is 62.0. The van der Waals surface area contributed by atoms with Gasteiger partial charge in [0.25, 0.3) is 0 Å². The molecule has 1 heterocycles. The highest BCUT2D eigenvalue weighted by Gasteiger charge is 2.28. The minimum Gasteiger partial charge on any atom is -0.392 e. The van der Waals surface area contributed by atoms with Gasteiger partial charge in [0.05, 0.1) is 49.2 Å². The van der Waals surface area contributed by atoms with Gasteiger partial charge in [0.1, 0.15) is 5.82 Å². The van der Waals surface area contributed by atoms with Crippen molar-refractivity contribution in [3.63, 3.8) is 0 Å². The third-order valence-electron chi connectivity index (χ3n) is 5.49. The molecule has 2 N–H and O–H groups in total. The average molecular weight is 574 g/mol. The zero-order valence-corrected chi connectivity index (χ0v) is 24.2. The lowest BCUT2D eigenvalue weighted by Gasteiger charge is -2.21. The van der Waals surface area contributed by atoms with Gasteiger partial charge in [-0.1, -0.05) is 26.0 Å². The summed E-state index contributed by atoms with van der Waals surface area (Å²) >= 11 is 0. The normalized spacial score (nSPS) is 14.3. The van der Waals surface area contributed by atoms with Crippen LogP contribution in [0.1, 0.15) is 51.3 Å². The van der Waals surface area contributed by atoms with Crippen molar-refractivity contribution < 1.29 is 36.6 Å². The number of anilines is 1. The van der Waals surface area contributed by atoms with Crippen molar-refractivity contribution in [3.05, 3.63) is 47.4 Å². The van der Waals surface area contributed by atoms with E-state index in [1.807, 2.05) is 13.8 Å². The minimum absolute atomic E-state index is 0.0498. The smallest absolute Gasteiger partial charge is 0.333 e. The third kappa shape index (κ3) is 8.93. The van der Waals surface area contributed by atoms with E-state index in [4.69, 9.17) is 9.05 Å². The standard InChI is InChI=1S/C25H37FN3O7PS/c1-7-35-37(32,36-8-2)16-21(31)15-20(30)13-14-22-23(17(3)4)27-25(29(5)38(6,33)34)28-24(22)18-9-11-19(26)12-10-18/h9-14,17,20-21,30-31H,7-8,15-16H2,1-6H3/t20-,21-/m1/s1. The van der Waals surface area contributed by atoms with E-state index < -0.39 is 35.6 Å². The Balaban J connectivity index is 2.48. The second-order valence-electron chi connectivity index (χ2n) is 9.01. The molecule has 2 aromatic rings. The summed E-state index contributed by atoms with van der Waals surface area (Å²) in [5.41, 5.74) is 1.86. The van der Waals surface area contributed by atoms with Crippen LogP contribution >= 0.6 is 7.60 Å². The molecule has 0 amide bonds. The fraction of sp³-hybridized carbons (Fsp3) is 0.520. The highest BCUT2D eigenvalue weighted by Crippen LogP contribution is 2.48. The van der Waals surface area contributed by atoms with E-state index >= 15 is 0 Å². The summed E-state index contributed by atoms with van der Waals surface area (Å²) in [4.78, 5) is 8.95. The van der Waals surface area contributed by atoms with Crippen LogP contribution in [0.2, 0.25) is 0 Å². The number of benzene rings is 1. The first-order valence-electron chi connectivity index (χ1n) is 12.2. The molecule has 38 heavy (non-hydrogen) atoms. The fourth-order valence-corrected chi connectivity index (χ4v) is 5.74. The van der Waals surface area contributed by atoms with Crippen molar-refractivity contribution in [2.45, 2.75) is 52.2 Å². The van der Waals surface area contributed by atoms with Gasteiger partial charge in [0.2, 0.25) is 16.0 Å². The number of aliphatic hydroxyl groups is 2. The van der Waals surface area contributed by atoms with Gasteiger partial charge >= 0.3 is 7.60 Å². The highest BCUT2D eigenvalue weighted by atomic mass is 32.2. The Kier molecular flexibility index (Phi) is 11.6. The Hall–Kier alpha value is -2.21. The fourth-order valence-electron chi connectivity index (χ4n) is 3.63. The Bertz CT molecular complexity index is 1250. The zero-order valence-electron chi connectivity index (χ0n) is 22.5. The van der Waals surface area contributed by atoms with E-state index in [1.165, 1.54) is 37.4 Å². The second kappa shape index (κ2) is 13.7. The molecule has 0 radical (unpaired) electrons. The number of rotatable bonds is 14. The number of hydrogen-bond acceptors (Lipinski definition) is 9. The minimum atomic E-state index is -3.66. The first kappa shape index (κ1) is 32.0. The molecule has 2 rings (SSSR count). The molecule has 0 fully saturated rings. The number of nitrogens with zero attached hydrogens (tertiary/aromatic N) is 3. The number of aliphatic hydroxyl groups excluding tert-OH is 2. The second-order valence-corrected chi connectivity index (χ2v) is 13.1. The first-order valence-corrected chi connectivity index (χ1v) is 15.8. The van der Waals surface area contributed by atoms with Crippen LogP contribution in [0, 0.1) is 5.82 Å². The molecule has 212 valence electrons. The summed E-state index contributed by atoms with van der Waals surface area (Å²) in [7, 11) is -5.82. The predicted molar refractivity (Wildman–Crippen MR) is 146 cm³/mol. The number of hydrogen-bond donors (Lipinski definition) is 2. The molecule has 0 aliphatic rings. The molecule has 0 aliphatic heterocycles. The quantitative estimate of drug-likeness (QED) is 0.319. The topological polar surface area (TPSA) is 139 Å². The van der Waals surface area contributed by atoms with Crippen LogP contribution in [-0.4, -0.2) is 73.5 Å². The lowest BCUT2D eigenvalue weighted by atomic mass is 9.97. The number of aromatic nitrogens is 2. The third-order valence-corrected chi connectivity index (χ3v) is 8.82. The summed E-state index contributed by atoms with van der Waals surface area (Å²) in [5.74, 6) is -0.668. The van der Waals surface area contributed by atoms with Gasteiger partial charge < -0.3 is 19.3 Å². The highest BCUT2D eigenvalue weighted by molar-refractivity contribution is 7.92. The maximum absolute atomic E-state index is 13.6. The number of sulfonamides is 1.